The highest BCUT2D eigenvalue weighted by atomic mass is 16.5. The largest absolute Gasteiger partial charge is 0.497 e. The first-order valence-electron chi connectivity index (χ1n) is 5.60. The minimum atomic E-state index is -0.126. The second-order valence-electron chi connectivity index (χ2n) is 4.07. The van der Waals surface area contributed by atoms with Gasteiger partial charge in [0.05, 0.1) is 12.7 Å². The summed E-state index contributed by atoms with van der Waals surface area (Å²) in [7, 11) is 1.57. The lowest BCUT2D eigenvalue weighted by molar-refractivity contribution is 0.0940. The number of ether oxygens (including phenoxy) is 1. The Balaban J connectivity index is 2.08. The van der Waals surface area contributed by atoms with Crippen LogP contribution in [-0.2, 0) is 0 Å². The van der Waals surface area contributed by atoms with Gasteiger partial charge >= 0.3 is 0 Å². The van der Waals surface area contributed by atoms with Crippen molar-refractivity contribution in [1.82, 2.24) is 5.32 Å². The van der Waals surface area contributed by atoms with E-state index in [0.29, 0.717) is 17.0 Å². The van der Waals surface area contributed by atoms with Crippen molar-refractivity contribution in [3.05, 3.63) is 35.9 Å². The Morgan fingerprint density at radius 1 is 1.41 bits per heavy atom. The molecule has 0 saturated heterocycles. The van der Waals surface area contributed by atoms with Crippen molar-refractivity contribution in [3.8, 4) is 5.75 Å². The normalized spacial score (nSPS) is 14.9. The number of rotatable bonds is 3. The van der Waals surface area contributed by atoms with Gasteiger partial charge in [0, 0.05) is 17.8 Å². The molecule has 1 aromatic carbocycles. The third-order valence-corrected chi connectivity index (χ3v) is 2.85. The maximum absolute atomic E-state index is 12.0. The number of benzene rings is 1. The Bertz CT molecular complexity index is 447. The van der Waals surface area contributed by atoms with Crippen LogP contribution in [0, 0.1) is 0 Å². The van der Waals surface area contributed by atoms with Crippen molar-refractivity contribution in [1.29, 1.82) is 0 Å². The van der Waals surface area contributed by atoms with Crippen LogP contribution < -0.4 is 15.8 Å². The lowest BCUT2D eigenvalue weighted by Crippen LogP contribution is -2.33. The predicted molar refractivity (Wildman–Crippen MR) is 67.0 cm³/mol. The highest BCUT2D eigenvalue weighted by Gasteiger charge is 2.16. The van der Waals surface area contributed by atoms with Crippen LogP contribution in [0.25, 0.3) is 0 Å². The van der Waals surface area contributed by atoms with Gasteiger partial charge < -0.3 is 15.8 Å². The lowest BCUT2D eigenvalue weighted by atomic mass is 10.1. The van der Waals surface area contributed by atoms with Gasteiger partial charge in [0.25, 0.3) is 5.91 Å². The summed E-state index contributed by atoms with van der Waals surface area (Å²) in [6.45, 7) is 0. The van der Waals surface area contributed by atoms with E-state index in [1.165, 1.54) is 0 Å². The number of amides is 1. The average Bonchev–Trinajstić information content (AvgIpc) is 2.81. The van der Waals surface area contributed by atoms with E-state index < -0.39 is 0 Å². The van der Waals surface area contributed by atoms with Crippen molar-refractivity contribution in [3.63, 3.8) is 0 Å². The van der Waals surface area contributed by atoms with Crippen molar-refractivity contribution in [2.24, 2.45) is 0 Å². The summed E-state index contributed by atoms with van der Waals surface area (Å²) in [6.07, 6.45) is 5.92. The fourth-order valence-corrected chi connectivity index (χ4v) is 1.87. The Morgan fingerprint density at radius 3 is 2.71 bits per heavy atom. The molecule has 0 saturated carbocycles. The number of hydrogen-bond acceptors (Lipinski definition) is 3. The van der Waals surface area contributed by atoms with Crippen LogP contribution in [0.1, 0.15) is 23.2 Å². The molecule has 2 rings (SSSR count). The zero-order valence-corrected chi connectivity index (χ0v) is 9.77. The molecule has 0 unspecified atom stereocenters. The van der Waals surface area contributed by atoms with Crippen molar-refractivity contribution < 1.29 is 9.53 Å². The first kappa shape index (κ1) is 11.5. The second-order valence-corrected chi connectivity index (χ2v) is 4.07. The van der Waals surface area contributed by atoms with E-state index in [4.69, 9.17) is 10.5 Å². The van der Waals surface area contributed by atoms with Gasteiger partial charge in [0.2, 0.25) is 0 Å². The number of nitrogens with two attached hydrogens (primary N) is 1. The Hall–Kier alpha value is -1.97. The maximum Gasteiger partial charge on any atom is 0.253 e. The van der Waals surface area contributed by atoms with Crippen LogP contribution in [0.5, 0.6) is 5.75 Å². The summed E-state index contributed by atoms with van der Waals surface area (Å²) < 4.78 is 5.04. The summed E-state index contributed by atoms with van der Waals surface area (Å²) >= 11 is 0. The van der Waals surface area contributed by atoms with Crippen LogP contribution in [0.3, 0.4) is 0 Å². The number of methoxy groups -OCH3 is 1. The second kappa shape index (κ2) is 4.91. The molecular weight excluding hydrogens is 216 g/mol. The Kier molecular flexibility index (Phi) is 3.32. The molecule has 0 heterocycles. The van der Waals surface area contributed by atoms with Crippen LogP contribution in [0.4, 0.5) is 5.69 Å². The fourth-order valence-electron chi connectivity index (χ4n) is 1.87. The van der Waals surface area contributed by atoms with Crippen molar-refractivity contribution in [2.75, 3.05) is 12.8 Å². The third kappa shape index (κ3) is 2.58. The number of anilines is 1. The van der Waals surface area contributed by atoms with Crippen LogP contribution >= 0.6 is 0 Å². The standard InChI is InChI=1S/C13H16N2O2/c1-17-10-6-7-11(12(14)8-10)13(16)15-9-4-2-3-5-9/h2-3,6-9H,4-5,14H2,1H3,(H,15,16). The molecular formula is C13H16N2O2. The smallest absolute Gasteiger partial charge is 0.253 e. The number of carbonyl (C=O) groups is 1. The summed E-state index contributed by atoms with van der Waals surface area (Å²) in [6, 6.07) is 5.27. The van der Waals surface area contributed by atoms with E-state index in [-0.39, 0.29) is 11.9 Å². The van der Waals surface area contributed by atoms with E-state index in [1.54, 1.807) is 25.3 Å². The molecule has 1 aliphatic rings. The molecule has 4 heteroatoms. The highest BCUT2D eigenvalue weighted by molar-refractivity contribution is 5.99. The molecule has 0 fully saturated rings. The van der Waals surface area contributed by atoms with E-state index >= 15 is 0 Å². The topological polar surface area (TPSA) is 64.3 Å². The van der Waals surface area contributed by atoms with E-state index in [0.717, 1.165) is 12.8 Å². The summed E-state index contributed by atoms with van der Waals surface area (Å²) in [5.74, 6) is 0.528. The maximum atomic E-state index is 12.0. The minimum absolute atomic E-state index is 0.126. The molecule has 3 N–H and O–H groups in total. The van der Waals surface area contributed by atoms with Gasteiger partial charge in [-0.1, -0.05) is 12.2 Å². The van der Waals surface area contributed by atoms with E-state index in [1.807, 2.05) is 0 Å². The molecule has 0 bridgehead atoms. The first-order valence-corrected chi connectivity index (χ1v) is 5.60. The van der Waals surface area contributed by atoms with Crippen LogP contribution in [-0.4, -0.2) is 19.1 Å². The number of carbonyl (C=O) groups excluding carboxylic acids is 1. The fraction of sp³-hybridized carbons (Fsp3) is 0.308. The molecule has 17 heavy (non-hydrogen) atoms. The van der Waals surface area contributed by atoms with Crippen molar-refractivity contribution >= 4 is 11.6 Å². The zero-order chi connectivity index (χ0) is 12.3. The molecule has 1 aromatic rings. The summed E-state index contributed by atoms with van der Waals surface area (Å²) in [5.41, 5.74) is 6.75. The highest BCUT2D eigenvalue weighted by Crippen LogP contribution is 2.20. The Labute approximate surface area is 100 Å². The molecule has 90 valence electrons. The summed E-state index contributed by atoms with van der Waals surface area (Å²) in [4.78, 5) is 12.0. The molecule has 0 aliphatic heterocycles. The molecule has 0 spiro atoms. The quantitative estimate of drug-likeness (QED) is 0.616. The number of nitrogen functional groups attached to an aromatic ring is 1. The minimum Gasteiger partial charge on any atom is -0.497 e. The van der Waals surface area contributed by atoms with Crippen molar-refractivity contribution in [2.45, 2.75) is 18.9 Å². The van der Waals surface area contributed by atoms with Gasteiger partial charge in [-0.3, -0.25) is 4.79 Å². The van der Waals surface area contributed by atoms with Gasteiger partial charge in [0.1, 0.15) is 5.75 Å². The predicted octanol–water partition coefficient (Wildman–Crippen LogP) is 1.73. The van der Waals surface area contributed by atoms with Gasteiger partial charge in [-0.2, -0.15) is 0 Å². The Morgan fingerprint density at radius 2 is 2.12 bits per heavy atom. The van der Waals surface area contributed by atoms with Gasteiger partial charge in [0.15, 0.2) is 0 Å². The van der Waals surface area contributed by atoms with Gasteiger partial charge in [-0.05, 0) is 25.0 Å². The van der Waals surface area contributed by atoms with E-state index in [9.17, 15) is 4.79 Å². The van der Waals surface area contributed by atoms with Crippen LogP contribution in [0.2, 0.25) is 0 Å². The molecule has 1 amide bonds. The molecule has 4 nitrogen and oxygen atoms in total. The lowest BCUT2D eigenvalue weighted by Gasteiger charge is -2.13. The summed E-state index contributed by atoms with van der Waals surface area (Å²) in [5, 5.41) is 2.95. The first-order chi connectivity index (χ1) is 8.20. The number of nitrogens with one attached hydrogen (secondary N) is 1. The number of hydrogen-bond donors (Lipinski definition) is 2. The third-order valence-electron chi connectivity index (χ3n) is 2.85. The molecule has 1 aliphatic carbocycles. The molecule has 0 radical (unpaired) electrons. The molecule has 0 atom stereocenters. The van der Waals surface area contributed by atoms with Gasteiger partial charge in [-0.25, -0.2) is 0 Å². The van der Waals surface area contributed by atoms with Crippen LogP contribution in [0.15, 0.2) is 30.4 Å². The SMILES string of the molecule is COc1ccc(C(=O)NC2CC=CC2)c(N)c1. The van der Waals surface area contributed by atoms with Gasteiger partial charge in [-0.15, -0.1) is 0 Å². The zero-order valence-electron chi connectivity index (χ0n) is 9.77. The average molecular weight is 232 g/mol. The molecule has 0 aromatic heterocycles. The monoisotopic (exact) mass is 232 g/mol. The van der Waals surface area contributed by atoms with E-state index in [2.05, 4.69) is 17.5 Å².